The molecular weight excluding hydrogens is 340 g/mol. The van der Waals surface area contributed by atoms with E-state index in [1.54, 1.807) is 43.3 Å². The van der Waals surface area contributed by atoms with Gasteiger partial charge in [0, 0.05) is 5.56 Å². The number of ether oxygens (including phenoxy) is 1. The molecule has 0 fully saturated rings. The Bertz CT molecular complexity index is 1080. The van der Waals surface area contributed by atoms with E-state index in [0.717, 1.165) is 5.56 Å². The molecule has 0 saturated carbocycles. The summed E-state index contributed by atoms with van der Waals surface area (Å²) in [5.74, 6) is -0.631. The maximum absolute atomic E-state index is 12.6. The molecule has 0 radical (unpaired) electrons. The number of hydrogen-bond acceptors (Lipinski definition) is 5. The standard InChI is InChI=1S/C21H18N4O2/c1-3-27-21(26)19-18(15-7-5-4-6-8-15)17(13-22)20(23)25(24-19)16-11-9-14(2)10-12-16/h4-12,23H,3H2,1-2H3. The Labute approximate surface area is 156 Å². The number of nitrogens with zero attached hydrogens (tertiary/aromatic N) is 3. The molecule has 1 N–H and O–H groups in total. The first kappa shape index (κ1) is 18.1. The fourth-order valence-electron chi connectivity index (χ4n) is 2.75. The van der Waals surface area contributed by atoms with E-state index in [9.17, 15) is 10.1 Å². The summed E-state index contributed by atoms with van der Waals surface area (Å²) in [5.41, 5.74) is 2.58. The quantitative estimate of drug-likeness (QED) is 0.724. The van der Waals surface area contributed by atoms with Gasteiger partial charge in [0.25, 0.3) is 0 Å². The van der Waals surface area contributed by atoms with Crippen molar-refractivity contribution in [1.82, 2.24) is 9.78 Å². The van der Waals surface area contributed by atoms with E-state index in [1.165, 1.54) is 4.68 Å². The maximum Gasteiger partial charge on any atom is 0.359 e. The van der Waals surface area contributed by atoms with Gasteiger partial charge in [-0.15, -0.1) is 0 Å². The Balaban J connectivity index is 2.36. The minimum absolute atomic E-state index is 0.0103. The molecule has 0 unspecified atom stereocenters. The Morgan fingerprint density at radius 3 is 2.44 bits per heavy atom. The number of esters is 1. The number of aromatic nitrogens is 2. The van der Waals surface area contributed by atoms with Crippen molar-refractivity contribution < 1.29 is 9.53 Å². The van der Waals surface area contributed by atoms with E-state index in [4.69, 9.17) is 10.1 Å². The Kier molecular flexibility index (Phi) is 5.13. The predicted octanol–water partition coefficient (Wildman–Crippen LogP) is 3.38. The second-order valence-electron chi connectivity index (χ2n) is 5.89. The van der Waals surface area contributed by atoms with Crippen LogP contribution in [0.2, 0.25) is 0 Å². The van der Waals surface area contributed by atoms with E-state index < -0.39 is 5.97 Å². The summed E-state index contributed by atoms with van der Waals surface area (Å²) >= 11 is 0. The van der Waals surface area contributed by atoms with Gasteiger partial charge in [-0.3, -0.25) is 5.41 Å². The third-order valence-corrected chi connectivity index (χ3v) is 4.06. The van der Waals surface area contributed by atoms with Crippen LogP contribution in [-0.4, -0.2) is 22.4 Å². The zero-order valence-electron chi connectivity index (χ0n) is 15.1. The molecule has 1 heterocycles. The van der Waals surface area contributed by atoms with Crippen LogP contribution in [0.4, 0.5) is 0 Å². The molecule has 0 atom stereocenters. The fourth-order valence-corrected chi connectivity index (χ4v) is 2.75. The van der Waals surface area contributed by atoms with Crippen molar-refractivity contribution in [2.75, 3.05) is 6.61 Å². The second-order valence-corrected chi connectivity index (χ2v) is 5.89. The summed E-state index contributed by atoms with van der Waals surface area (Å²) in [7, 11) is 0. The first-order valence-corrected chi connectivity index (χ1v) is 8.48. The average molecular weight is 358 g/mol. The van der Waals surface area contributed by atoms with Crippen LogP contribution in [-0.2, 0) is 4.74 Å². The normalized spacial score (nSPS) is 10.3. The number of hydrogen-bond donors (Lipinski definition) is 1. The molecule has 0 aliphatic heterocycles. The molecule has 0 bridgehead atoms. The SMILES string of the molecule is CCOC(=O)c1nn(-c2ccc(C)cc2)c(=N)c(C#N)c1-c1ccccc1. The number of carbonyl (C=O) groups excluding carboxylic acids is 1. The summed E-state index contributed by atoms with van der Waals surface area (Å²) < 4.78 is 6.44. The Morgan fingerprint density at radius 2 is 1.85 bits per heavy atom. The molecule has 6 nitrogen and oxygen atoms in total. The van der Waals surface area contributed by atoms with Gasteiger partial charge in [0.2, 0.25) is 0 Å². The van der Waals surface area contributed by atoms with Crippen molar-refractivity contribution in [2.24, 2.45) is 0 Å². The van der Waals surface area contributed by atoms with E-state index in [2.05, 4.69) is 11.2 Å². The summed E-state index contributed by atoms with van der Waals surface area (Å²) in [6.07, 6.45) is 0. The molecule has 6 heteroatoms. The van der Waals surface area contributed by atoms with Gasteiger partial charge in [0.15, 0.2) is 11.2 Å². The highest BCUT2D eigenvalue weighted by molar-refractivity contribution is 5.96. The highest BCUT2D eigenvalue weighted by Gasteiger charge is 2.23. The van der Waals surface area contributed by atoms with Crippen molar-refractivity contribution in [2.45, 2.75) is 13.8 Å². The molecule has 0 spiro atoms. The molecule has 1 aromatic heterocycles. The predicted molar refractivity (Wildman–Crippen MR) is 100 cm³/mol. The van der Waals surface area contributed by atoms with E-state index in [1.807, 2.05) is 25.1 Å². The molecule has 0 amide bonds. The average Bonchev–Trinajstić information content (AvgIpc) is 2.69. The maximum atomic E-state index is 12.6. The second kappa shape index (κ2) is 7.67. The van der Waals surface area contributed by atoms with Gasteiger partial charge in [-0.2, -0.15) is 10.4 Å². The highest BCUT2D eigenvalue weighted by Crippen LogP contribution is 2.25. The highest BCUT2D eigenvalue weighted by atomic mass is 16.5. The number of carbonyl (C=O) groups is 1. The summed E-state index contributed by atoms with van der Waals surface area (Å²) in [6.45, 7) is 3.84. The molecule has 2 aromatic carbocycles. The zero-order chi connectivity index (χ0) is 19.4. The van der Waals surface area contributed by atoms with Gasteiger partial charge < -0.3 is 4.74 Å². The summed E-state index contributed by atoms with van der Waals surface area (Å²) in [4.78, 5) is 12.6. The molecular formula is C21H18N4O2. The number of benzene rings is 2. The van der Waals surface area contributed by atoms with Gasteiger partial charge >= 0.3 is 5.97 Å². The lowest BCUT2D eigenvalue weighted by Crippen LogP contribution is -2.28. The van der Waals surface area contributed by atoms with Gasteiger partial charge in [-0.25, -0.2) is 9.48 Å². The van der Waals surface area contributed by atoms with Crippen LogP contribution in [0.3, 0.4) is 0 Å². The van der Waals surface area contributed by atoms with Crippen LogP contribution in [0.5, 0.6) is 0 Å². The molecule has 3 aromatic rings. The number of aryl methyl sites for hydroxylation is 1. The number of nitrogens with one attached hydrogen (secondary N) is 1. The van der Waals surface area contributed by atoms with Crippen LogP contribution in [0.25, 0.3) is 16.8 Å². The van der Waals surface area contributed by atoms with Crippen LogP contribution in [0, 0.1) is 23.7 Å². The Morgan fingerprint density at radius 1 is 1.19 bits per heavy atom. The lowest BCUT2D eigenvalue weighted by molar-refractivity contribution is 0.0518. The minimum Gasteiger partial charge on any atom is -0.461 e. The third-order valence-electron chi connectivity index (χ3n) is 4.06. The largest absolute Gasteiger partial charge is 0.461 e. The number of rotatable bonds is 4. The fraction of sp³-hybridized carbons (Fsp3) is 0.143. The lowest BCUT2D eigenvalue weighted by Gasteiger charge is -2.15. The third kappa shape index (κ3) is 3.48. The molecule has 27 heavy (non-hydrogen) atoms. The van der Waals surface area contributed by atoms with E-state index >= 15 is 0 Å². The molecule has 3 rings (SSSR count). The summed E-state index contributed by atoms with van der Waals surface area (Å²) in [6, 6.07) is 18.4. The van der Waals surface area contributed by atoms with Crippen LogP contribution >= 0.6 is 0 Å². The van der Waals surface area contributed by atoms with Crippen molar-refractivity contribution in [3.05, 3.63) is 76.9 Å². The van der Waals surface area contributed by atoms with Gasteiger partial charge in [0.1, 0.15) is 11.6 Å². The molecule has 0 saturated heterocycles. The van der Waals surface area contributed by atoms with Gasteiger partial charge in [-0.1, -0.05) is 48.0 Å². The van der Waals surface area contributed by atoms with Crippen LogP contribution in [0.1, 0.15) is 28.5 Å². The smallest absolute Gasteiger partial charge is 0.359 e. The molecule has 134 valence electrons. The van der Waals surface area contributed by atoms with Crippen LogP contribution in [0.15, 0.2) is 54.6 Å². The van der Waals surface area contributed by atoms with Crippen molar-refractivity contribution in [3.63, 3.8) is 0 Å². The molecule has 0 aliphatic rings. The number of nitriles is 1. The van der Waals surface area contributed by atoms with Crippen molar-refractivity contribution in [3.8, 4) is 22.9 Å². The minimum atomic E-state index is -0.631. The molecule has 0 aliphatic carbocycles. The van der Waals surface area contributed by atoms with Crippen LogP contribution < -0.4 is 5.49 Å². The topological polar surface area (TPSA) is 91.8 Å². The zero-order valence-corrected chi connectivity index (χ0v) is 15.1. The Hall–Kier alpha value is -3.72. The monoisotopic (exact) mass is 358 g/mol. The van der Waals surface area contributed by atoms with Crippen molar-refractivity contribution in [1.29, 1.82) is 10.7 Å². The lowest BCUT2D eigenvalue weighted by atomic mass is 9.99. The summed E-state index contributed by atoms with van der Waals surface area (Å²) in [5, 5.41) is 22.6. The first-order valence-electron chi connectivity index (χ1n) is 8.48. The first-order chi connectivity index (χ1) is 13.1. The van der Waals surface area contributed by atoms with Gasteiger partial charge in [0.05, 0.1) is 12.3 Å². The van der Waals surface area contributed by atoms with Crippen molar-refractivity contribution >= 4 is 5.97 Å². The van der Waals surface area contributed by atoms with Gasteiger partial charge in [-0.05, 0) is 31.5 Å². The van der Waals surface area contributed by atoms with E-state index in [0.29, 0.717) is 16.8 Å². The van der Waals surface area contributed by atoms with E-state index in [-0.39, 0.29) is 23.4 Å².